The van der Waals surface area contributed by atoms with Gasteiger partial charge in [-0.3, -0.25) is 10.1 Å². The highest BCUT2D eigenvalue weighted by Gasteiger charge is 2.43. The number of Topliss-reactive ketones (excluding diaryl/α,β-unsaturated/α-hetero) is 1. The van der Waals surface area contributed by atoms with Gasteiger partial charge >= 0.3 is 0 Å². The average molecular weight is 310 g/mol. The van der Waals surface area contributed by atoms with Crippen LogP contribution in [0.3, 0.4) is 0 Å². The minimum atomic E-state index is -1.83. The number of hydrogen-bond acceptors (Lipinski definition) is 3. The molecule has 0 fully saturated rings. The lowest BCUT2D eigenvalue weighted by Gasteiger charge is -2.32. The summed E-state index contributed by atoms with van der Waals surface area (Å²) in [6.07, 6.45) is 0.721. The van der Waals surface area contributed by atoms with E-state index in [1.54, 1.807) is 0 Å². The van der Waals surface area contributed by atoms with Crippen LogP contribution in [0.4, 0.5) is 4.39 Å². The third-order valence-electron chi connectivity index (χ3n) is 4.37. The largest absolute Gasteiger partial charge is 0.364 e. The minimum Gasteiger partial charge on any atom is -0.364 e. The molecular weight excluding hydrogens is 295 g/mol. The van der Waals surface area contributed by atoms with Crippen molar-refractivity contribution in [1.82, 2.24) is 10.3 Å². The number of aromatic amines is 1. The summed E-state index contributed by atoms with van der Waals surface area (Å²) in [5.74, 6) is -0.915. The van der Waals surface area contributed by atoms with Gasteiger partial charge in [-0.05, 0) is 42.3 Å². The number of fused-ring (bicyclic) bond motifs is 3. The number of benzene rings is 2. The lowest BCUT2D eigenvalue weighted by atomic mass is 9.90. The van der Waals surface area contributed by atoms with Crippen molar-refractivity contribution in [2.75, 3.05) is 6.54 Å². The monoisotopic (exact) mass is 310 g/mol. The minimum absolute atomic E-state index is 0.257. The first-order valence-corrected chi connectivity index (χ1v) is 7.47. The Balaban J connectivity index is 1.86. The van der Waals surface area contributed by atoms with Gasteiger partial charge < -0.3 is 10.1 Å². The predicted octanol–water partition coefficient (Wildman–Crippen LogP) is 2.48. The molecule has 1 aliphatic rings. The van der Waals surface area contributed by atoms with Gasteiger partial charge in [0.05, 0.1) is 5.69 Å². The summed E-state index contributed by atoms with van der Waals surface area (Å²) in [5.41, 5.74) is 0.723. The first-order valence-electron chi connectivity index (χ1n) is 7.47. The SMILES string of the molecule is O=C(c1ccc(F)cc1)C1(O)NCCc2c1[nH]c1ccccc21. The van der Waals surface area contributed by atoms with Crippen molar-refractivity contribution in [1.29, 1.82) is 0 Å². The molecule has 0 amide bonds. The van der Waals surface area contributed by atoms with Crippen LogP contribution < -0.4 is 5.32 Å². The second-order valence-electron chi connectivity index (χ2n) is 5.75. The van der Waals surface area contributed by atoms with E-state index >= 15 is 0 Å². The summed E-state index contributed by atoms with van der Waals surface area (Å²) in [6.45, 7) is 0.484. The molecular formula is C18H15FN2O2. The molecule has 3 aromatic rings. The molecule has 23 heavy (non-hydrogen) atoms. The van der Waals surface area contributed by atoms with Crippen LogP contribution in [0.2, 0.25) is 0 Å². The van der Waals surface area contributed by atoms with E-state index in [1.165, 1.54) is 24.3 Å². The first kappa shape index (κ1) is 14.1. The van der Waals surface area contributed by atoms with Gasteiger partial charge in [0, 0.05) is 23.0 Å². The highest BCUT2D eigenvalue weighted by atomic mass is 19.1. The fourth-order valence-electron chi connectivity index (χ4n) is 3.23. The molecule has 0 radical (unpaired) electrons. The lowest BCUT2D eigenvalue weighted by Crippen LogP contribution is -2.53. The summed E-state index contributed by atoms with van der Waals surface area (Å²) in [6, 6.07) is 12.9. The van der Waals surface area contributed by atoms with Gasteiger partial charge in [-0.15, -0.1) is 0 Å². The summed E-state index contributed by atoms with van der Waals surface area (Å²) >= 11 is 0. The fourth-order valence-corrected chi connectivity index (χ4v) is 3.23. The van der Waals surface area contributed by atoms with Crippen LogP contribution in [-0.4, -0.2) is 22.4 Å². The molecule has 1 aromatic heterocycles. The van der Waals surface area contributed by atoms with E-state index in [-0.39, 0.29) is 5.56 Å². The number of hydrogen-bond donors (Lipinski definition) is 3. The Morgan fingerprint density at radius 2 is 1.87 bits per heavy atom. The van der Waals surface area contributed by atoms with Crippen LogP contribution in [0.25, 0.3) is 10.9 Å². The van der Waals surface area contributed by atoms with Crippen LogP contribution in [0.15, 0.2) is 48.5 Å². The van der Waals surface area contributed by atoms with Crippen LogP contribution in [0, 0.1) is 5.82 Å². The molecule has 0 aliphatic carbocycles. The number of nitrogens with one attached hydrogen (secondary N) is 2. The molecule has 2 aromatic carbocycles. The van der Waals surface area contributed by atoms with Crippen molar-refractivity contribution < 1.29 is 14.3 Å². The third-order valence-corrected chi connectivity index (χ3v) is 4.37. The Bertz CT molecular complexity index is 901. The van der Waals surface area contributed by atoms with Gasteiger partial charge in [0.15, 0.2) is 0 Å². The van der Waals surface area contributed by atoms with Gasteiger partial charge in [-0.2, -0.15) is 0 Å². The van der Waals surface area contributed by atoms with Gasteiger partial charge in [0.1, 0.15) is 5.82 Å². The Kier molecular flexibility index (Phi) is 3.07. The van der Waals surface area contributed by atoms with E-state index < -0.39 is 17.3 Å². The number of rotatable bonds is 2. The molecule has 4 rings (SSSR count). The molecule has 0 saturated heterocycles. The second-order valence-corrected chi connectivity index (χ2v) is 5.75. The Hall–Kier alpha value is -2.50. The number of para-hydroxylation sites is 1. The van der Waals surface area contributed by atoms with Crippen LogP contribution in [0.5, 0.6) is 0 Å². The fraction of sp³-hybridized carbons (Fsp3) is 0.167. The molecule has 0 spiro atoms. The normalized spacial score (nSPS) is 20.4. The lowest BCUT2D eigenvalue weighted by molar-refractivity contribution is 0.00373. The van der Waals surface area contributed by atoms with E-state index in [0.717, 1.165) is 22.9 Å². The highest BCUT2D eigenvalue weighted by molar-refractivity contribution is 6.03. The van der Waals surface area contributed by atoms with Crippen molar-refractivity contribution in [2.24, 2.45) is 0 Å². The molecule has 4 nitrogen and oxygen atoms in total. The first-order chi connectivity index (χ1) is 11.1. The van der Waals surface area contributed by atoms with Gasteiger partial charge in [0.2, 0.25) is 11.5 Å². The number of H-pyrrole nitrogens is 1. The summed E-state index contributed by atoms with van der Waals surface area (Å²) in [7, 11) is 0. The Morgan fingerprint density at radius 3 is 2.65 bits per heavy atom. The smallest absolute Gasteiger partial charge is 0.222 e. The molecule has 2 heterocycles. The van der Waals surface area contributed by atoms with Crippen molar-refractivity contribution >= 4 is 16.7 Å². The molecule has 1 unspecified atom stereocenters. The summed E-state index contributed by atoms with van der Waals surface area (Å²) < 4.78 is 13.1. The zero-order valence-electron chi connectivity index (χ0n) is 12.3. The molecule has 116 valence electrons. The molecule has 0 bridgehead atoms. The summed E-state index contributed by atoms with van der Waals surface area (Å²) in [4.78, 5) is 16.0. The third kappa shape index (κ3) is 2.09. The van der Waals surface area contributed by atoms with E-state index in [0.29, 0.717) is 12.2 Å². The maximum atomic E-state index is 13.1. The number of carbonyl (C=O) groups is 1. The highest BCUT2D eigenvalue weighted by Crippen LogP contribution is 2.34. The molecule has 1 aliphatic heterocycles. The van der Waals surface area contributed by atoms with Crippen LogP contribution in [-0.2, 0) is 12.1 Å². The Labute approximate surface area is 132 Å². The number of aromatic nitrogens is 1. The van der Waals surface area contributed by atoms with Gasteiger partial charge in [0.25, 0.3) is 0 Å². The quantitative estimate of drug-likeness (QED) is 0.637. The van der Waals surface area contributed by atoms with Crippen LogP contribution in [0.1, 0.15) is 21.6 Å². The molecule has 1 atom stereocenters. The average Bonchev–Trinajstić information content (AvgIpc) is 2.96. The van der Waals surface area contributed by atoms with Crippen molar-refractivity contribution in [2.45, 2.75) is 12.1 Å². The van der Waals surface area contributed by atoms with Gasteiger partial charge in [-0.1, -0.05) is 18.2 Å². The zero-order chi connectivity index (χ0) is 16.0. The van der Waals surface area contributed by atoms with E-state index in [2.05, 4.69) is 10.3 Å². The van der Waals surface area contributed by atoms with E-state index in [4.69, 9.17) is 0 Å². The number of halogens is 1. The van der Waals surface area contributed by atoms with Gasteiger partial charge in [-0.25, -0.2) is 4.39 Å². The van der Waals surface area contributed by atoms with Crippen molar-refractivity contribution in [3.8, 4) is 0 Å². The number of carbonyl (C=O) groups excluding carboxylic acids is 1. The van der Waals surface area contributed by atoms with Crippen molar-refractivity contribution in [3.63, 3.8) is 0 Å². The molecule has 5 heteroatoms. The standard InChI is InChI=1S/C18H15FN2O2/c19-12-7-5-11(6-8-12)17(22)18(23)16-14(9-10-20-18)13-3-1-2-4-15(13)21-16/h1-8,20-21,23H,9-10H2. The number of ketones is 1. The molecule has 0 saturated carbocycles. The predicted molar refractivity (Wildman–Crippen MR) is 84.6 cm³/mol. The maximum absolute atomic E-state index is 13.1. The zero-order valence-corrected chi connectivity index (χ0v) is 12.3. The van der Waals surface area contributed by atoms with Crippen LogP contribution >= 0.6 is 0 Å². The Morgan fingerprint density at radius 1 is 1.13 bits per heavy atom. The topological polar surface area (TPSA) is 65.1 Å². The van der Waals surface area contributed by atoms with Crippen molar-refractivity contribution in [3.05, 3.63) is 71.2 Å². The summed E-state index contributed by atoms with van der Waals surface area (Å²) in [5, 5.41) is 14.9. The van der Waals surface area contributed by atoms with E-state index in [9.17, 15) is 14.3 Å². The maximum Gasteiger partial charge on any atom is 0.222 e. The molecule has 3 N–H and O–H groups in total. The van der Waals surface area contributed by atoms with E-state index in [1.807, 2.05) is 24.3 Å². The second kappa shape index (κ2) is 5.01. The number of aliphatic hydroxyl groups is 1.